The van der Waals surface area contributed by atoms with E-state index in [1.807, 2.05) is 54.4 Å². The first-order valence-corrected chi connectivity index (χ1v) is 15.4. The van der Waals surface area contributed by atoms with Crippen LogP contribution in [0.25, 0.3) is 44.8 Å². The molecule has 2 saturated carbocycles. The summed E-state index contributed by atoms with van der Waals surface area (Å²) in [5.41, 5.74) is 14.3. The summed E-state index contributed by atoms with van der Waals surface area (Å²) in [5, 5.41) is 3.96. The third-order valence-corrected chi connectivity index (χ3v) is 10.2. The van der Waals surface area contributed by atoms with E-state index in [0.717, 1.165) is 81.9 Å². The largest absolute Gasteiger partial charge is 0.348 e. The van der Waals surface area contributed by atoms with Gasteiger partial charge in [0.05, 0.1) is 22.4 Å². The summed E-state index contributed by atoms with van der Waals surface area (Å²) < 4.78 is 4.43. The molecule has 3 N–H and O–H groups in total. The molecule has 43 heavy (non-hydrogen) atoms. The van der Waals surface area contributed by atoms with Gasteiger partial charge in [0, 0.05) is 60.8 Å². The minimum atomic E-state index is -0.0275. The average molecular weight is 572 g/mol. The zero-order valence-corrected chi connectivity index (χ0v) is 24.1. The van der Waals surface area contributed by atoms with Gasteiger partial charge in [-0.3, -0.25) is 9.59 Å². The van der Waals surface area contributed by atoms with E-state index in [1.54, 1.807) is 0 Å². The van der Waals surface area contributed by atoms with E-state index in [2.05, 4.69) is 26.6 Å². The van der Waals surface area contributed by atoms with E-state index in [0.29, 0.717) is 23.9 Å². The molecule has 9 heteroatoms. The molecule has 2 aliphatic heterocycles. The summed E-state index contributed by atoms with van der Waals surface area (Å²) in [5.74, 6) is 1.94. The van der Waals surface area contributed by atoms with Gasteiger partial charge >= 0.3 is 0 Å². The number of aromatic nitrogens is 4. The predicted molar refractivity (Wildman–Crippen MR) is 164 cm³/mol. The van der Waals surface area contributed by atoms with Crippen LogP contribution >= 0.6 is 0 Å². The number of carbonyl (C=O) groups excluding carboxylic acids is 2. The van der Waals surface area contributed by atoms with Crippen molar-refractivity contribution in [2.45, 2.75) is 50.9 Å². The standard InChI is InChI=1S/C34H33N7O2/c1-39-27-10-7-21(34(43)41-17-23-8-11-28(41)30(23)35)13-26(27)38-32(39)29-14-20-6-9-25(37-31(20)40(29)16-18-2-3-18)19-4-5-22-15-36-33(42)24(22)12-19/h4-7,9-10,12-14,18,23,28,30H,2-3,8,11,15-17,35H2,1H3,(H,36,42)/t23?,28?,30-/m1/s1. The molecule has 2 bridgehead atoms. The number of nitrogens with one attached hydrogen (secondary N) is 1. The number of aryl methyl sites for hydroxylation is 1. The Balaban J connectivity index is 1.12. The fourth-order valence-electron chi connectivity index (χ4n) is 7.60. The summed E-state index contributed by atoms with van der Waals surface area (Å²) in [6.45, 7) is 2.22. The van der Waals surface area contributed by atoms with E-state index in [1.165, 1.54) is 12.8 Å². The molecule has 1 saturated heterocycles. The van der Waals surface area contributed by atoms with Crippen LogP contribution in [0.4, 0.5) is 0 Å². The van der Waals surface area contributed by atoms with Crippen LogP contribution in [0.15, 0.2) is 54.6 Å². The monoisotopic (exact) mass is 571 g/mol. The van der Waals surface area contributed by atoms with E-state index in [4.69, 9.17) is 15.7 Å². The minimum Gasteiger partial charge on any atom is -0.348 e. The van der Waals surface area contributed by atoms with Crippen molar-refractivity contribution in [1.29, 1.82) is 0 Å². The Morgan fingerprint density at radius 1 is 1.02 bits per heavy atom. The molecular weight excluding hydrogens is 538 g/mol. The molecule has 3 fully saturated rings. The number of likely N-dealkylation sites (tertiary alicyclic amines) is 1. The number of nitrogens with zero attached hydrogens (tertiary/aromatic N) is 5. The number of nitrogens with two attached hydrogens (primary N) is 1. The van der Waals surface area contributed by atoms with Crippen molar-refractivity contribution in [2.75, 3.05) is 6.54 Å². The molecule has 9 nitrogen and oxygen atoms in total. The lowest BCUT2D eigenvalue weighted by Gasteiger charge is -2.27. The summed E-state index contributed by atoms with van der Waals surface area (Å²) in [4.78, 5) is 38.1. The molecule has 5 heterocycles. The van der Waals surface area contributed by atoms with Gasteiger partial charge in [0.25, 0.3) is 11.8 Å². The van der Waals surface area contributed by atoms with Gasteiger partial charge in [-0.15, -0.1) is 0 Å². The van der Waals surface area contributed by atoms with Crippen molar-refractivity contribution in [3.05, 3.63) is 71.3 Å². The highest BCUT2D eigenvalue weighted by atomic mass is 16.2. The number of carbonyl (C=O) groups is 2. The second-order valence-electron chi connectivity index (χ2n) is 12.9. The molecule has 216 valence electrons. The number of hydrogen-bond donors (Lipinski definition) is 2. The predicted octanol–water partition coefficient (Wildman–Crippen LogP) is 4.47. The highest BCUT2D eigenvalue weighted by Crippen LogP contribution is 2.39. The van der Waals surface area contributed by atoms with Gasteiger partial charge in [0.15, 0.2) is 5.82 Å². The molecular formula is C34H33N7O2. The second kappa shape index (κ2) is 9.00. The van der Waals surface area contributed by atoms with E-state index >= 15 is 0 Å². The third-order valence-electron chi connectivity index (χ3n) is 10.2. The highest BCUT2D eigenvalue weighted by molar-refractivity contribution is 6.00. The molecule has 9 rings (SSSR count). The zero-order chi connectivity index (χ0) is 29.0. The highest BCUT2D eigenvalue weighted by Gasteiger charge is 2.46. The lowest BCUT2D eigenvalue weighted by atomic mass is 10.0. The number of amides is 2. The minimum absolute atomic E-state index is 0.0275. The van der Waals surface area contributed by atoms with Gasteiger partial charge in [0.2, 0.25) is 0 Å². The number of piperidine rings is 1. The number of pyridine rings is 1. The molecule has 4 aliphatic rings. The van der Waals surface area contributed by atoms with Crippen molar-refractivity contribution in [3.63, 3.8) is 0 Å². The molecule has 2 amide bonds. The number of imidazole rings is 1. The maximum Gasteiger partial charge on any atom is 0.254 e. The first-order chi connectivity index (χ1) is 20.9. The van der Waals surface area contributed by atoms with Gasteiger partial charge < -0.3 is 25.1 Å². The normalized spacial score (nSPS) is 22.6. The number of fused-ring (bicyclic) bond motifs is 5. The van der Waals surface area contributed by atoms with Crippen LogP contribution < -0.4 is 11.1 Å². The Hall–Kier alpha value is -4.50. The van der Waals surface area contributed by atoms with E-state index < -0.39 is 0 Å². The zero-order valence-electron chi connectivity index (χ0n) is 24.1. The van der Waals surface area contributed by atoms with E-state index in [-0.39, 0.29) is 23.9 Å². The fraction of sp³-hybridized carbons (Fsp3) is 0.353. The SMILES string of the molecule is Cn1c(-c2cc3ccc(-c4ccc5c(c4)C(=O)NC5)nc3n2CC2CC2)nc2cc(C(=O)N3CC4CCC3[C@@H]4N)ccc21. The van der Waals surface area contributed by atoms with Crippen LogP contribution in [0.1, 0.15) is 52.0 Å². The molecule has 0 spiro atoms. The number of benzene rings is 2. The van der Waals surface area contributed by atoms with Gasteiger partial charge in [-0.1, -0.05) is 12.1 Å². The molecule has 2 unspecified atom stereocenters. The van der Waals surface area contributed by atoms with Gasteiger partial charge in [0.1, 0.15) is 5.65 Å². The van der Waals surface area contributed by atoms with Crippen LogP contribution in [-0.2, 0) is 20.1 Å². The number of hydrogen-bond acceptors (Lipinski definition) is 5. The fourth-order valence-corrected chi connectivity index (χ4v) is 7.60. The Morgan fingerprint density at radius 2 is 1.91 bits per heavy atom. The van der Waals surface area contributed by atoms with Crippen LogP contribution in [0, 0.1) is 11.8 Å². The molecule has 3 atom stereocenters. The van der Waals surface area contributed by atoms with Crippen molar-refractivity contribution in [2.24, 2.45) is 24.6 Å². The van der Waals surface area contributed by atoms with Gasteiger partial charge in [-0.05, 0) is 85.5 Å². The topological polar surface area (TPSA) is 111 Å². The maximum atomic E-state index is 13.5. The van der Waals surface area contributed by atoms with Crippen molar-refractivity contribution in [3.8, 4) is 22.8 Å². The summed E-state index contributed by atoms with van der Waals surface area (Å²) in [7, 11) is 2.04. The Labute approximate surface area is 248 Å². The van der Waals surface area contributed by atoms with Gasteiger partial charge in [-0.2, -0.15) is 0 Å². The van der Waals surface area contributed by atoms with Crippen LogP contribution in [0.2, 0.25) is 0 Å². The molecule has 2 aromatic carbocycles. The molecule has 3 aromatic heterocycles. The first kappa shape index (κ1) is 25.0. The quantitative estimate of drug-likeness (QED) is 0.323. The molecule has 5 aromatic rings. The van der Waals surface area contributed by atoms with Crippen molar-refractivity contribution in [1.82, 2.24) is 29.3 Å². The van der Waals surface area contributed by atoms with Crippen molar-refractivity contribution >= 4 is 33.9 Å². The van der Waals surface area contributed by atoms with Crippen LogP contribution in [-0.4, -0.2) is 54.4 Å². The number of rotatable bonds is 5. The Bertz CT molecular complexity index is 2000. The van der Waals surface area contributed by atoms with Crippen LogP contribution in [0.5, 0.6) is 0 Å². The second-order valence-corrected chi connectivity index (χ2v) is 12.9. The van der Waals surface area contributed by atoms with Crippen molar-refractivity contribution < 1.29 is 9.59 Å². The van der Waals surface area contributed by atoms with E-state index in [9.17, 15) is 9.59 Å². The molecule has 0 radical (unpaired) electrons. The maximum absolute atomic E-state index is 13.5. The van der Waals surface area contributed by atoms with Crippen LogP contribution in [0.3, 0.4) is 0 Å². The summed E-state index contributed by atoms with van der Waals surface area (Å²) >= 11 is 0. The third kappa shape index (κ3) is 3.80. The van der Waals surface area contributed by atoms with Gasteiger partial charge in [-0.25, -0.2) is 9.97 Å². The smallest absolute Gasteiger partial charge is 0.254 e. The summed E-state index contributed by atoms with van der Waals surface area (Å²) in [6, 6.07) is 18.5. The lowest BCUT2D eigenvalue weighted by Crippen LogP contribution is -2.41. The summed E-state index contributed by atoms with van der Waals surface area (Å²) in [6.07, 6.45) is 4.55. The Morgan fingerprint density at radius 3 is 2.70 bits per heavy atom. The Kier molecular flexibility index (Phi) is 5.24. The average Bonchev–Trinajstić information content (AvgIpc) is 3.23. The molecule has 2 aliphatic carbocycles. The lowest BCUT2D eigenvalue weighted by molar-refractivity contribution is 0.0700. The first-order valence-electron chi connectivity index (χ1n) is 15.4.